The highest BCUT2D eigenvalue weighted by atomic mass is 35.5. The van der Waals surface area contributed by atoms with Crippen LogP contribution >= 0.6 is 35.4 Å². The summed E-state index contributed by atoms with van der Waals surface area (Å²) in [4.78, 5) is 6.79. The Morgan fingerprint density at radius 1 is 0.969 bits per heavy atom. The molecule has 2 atom stereocenters. The maximum atomic E-state index is 6.58. The Labute approximate surface area is 202 Å². The van der Waals surface area contributed by atoms with E-state index in [1.54, 1.807) is 6.07 Å². The fraction of sp³-hybridized carbons (Fsp3) is 0.120. The summed E-state index contributed by atoms with van der Waals surface area (Å²) >= 11 is 18.6. The van der Waals surface area contributed by atoms with Crippen LogP contribution in [0.4, 0.5) is 5.69 Å². The lowest BCUT2D eigenvalue weighted by Gasteiger charge is -2.29. The molecule has 7 heteroatoms. The lowest BCUT2D eigenvalue weighted by molar-refractivity contribution is 0.549. The number of halogens is 2. The molecule has 2 aromatic carbocycles. The third-order valence-electron chi connectivity index (χ3n) is 5.63. The second kappa shape index (κ2) is 8.58. The van der Waals surface area contributed by atoms with Crippen molar-refractivity contribution >= 4 is 46.2 Å². The molecule has 0 radical (unpaired) electrons. The lowest BCUT2D eigenvalue weighted by atomic mass is 10.0. The Morgan fingerprint density at radius 3 is 2.59 bits per heavy atom. The molecule has 0 aliphatic carbocycles. The zero-order valence-electron chi connectivity index (χ0n) is 17.2. The van der Waals surface area contributed by atoms with Crippen molar-refractivity contribution in [2.75, 3.05) is 4.90 Å². The molecule has 5 rings (SSSR count). The molecule has 0 saturated carbocycles. The number of thiocarbonyl (C=S) groups is 1. The second-order valence-electron chi connectivity index (χ2n) is 7.73. The Balaban J connectivity index is 1.69. The average molecular weight is 479 g/mol. The van der Waals surface area contributed by atoms with Crippen molar-refractivity contribution in [1.82, 2.24) is 14.9 Å². The third-order valence-corrected chi connectivity index (χ3v) is 6.48. The summed E-state index contributed by atoms with van der Waals surface area (Å²) in [5.41, 5.74) is 5.02. The number of anilines is 1. The SMILES string of the molecule is Cc1cccc(N2C(=S)NC(c3ccccn3)C2c2cccn2-c2ccc(Cl)cc2Cl)c1. The van der Waals surface area contributed by atoms with Crippen molar-refractivity contribution < 1.29 is 0 Å². The Hall–Kier alpha value is -2.86. The molecular weight excluding hydrogens is 459 g/mol. The van der Waals surface area contributed by atoms with E-state index in [-0.39, 0.29) is 12.1 Å². The third kappa shape index (κ3) is 3.77. The van der Waals surface area contributed by atoms with Gasteiger partial charge in [-0.2, -0.15) is 0 Å². The smallest absolute Gasteiger partial charge is 0.174 e. The Morgan fingerprint density at radius 2 is 1.84 bits per heavy atom. The molecule has 0 spiro atoms. The minimum atomic E-state index is -0.138. The van der Waals surface area contributed by atoms with Gasteiger partial charge in [-0.25, -0.2) is 0 Å². The van der Waals surface area contributed by atoms with Gasteiger partial charge < -0.3 is 14.8 Å². The van der Waals surface area contributed by atoms with E-state index in [0.29, 0.717) is 15.2 Å². The van der Waals surface area contributed by atoms with Gasteiger partial charge in [0, 0.05) is 28.8 Å². The molecule has 2 aromatic heterocycles. The number of benzene rings is 2. The molecular formula is C25H20Cl2N4S. The van der Waals surface area contributed by atoms with Gasteiger partial charge in [-0.1, -0.05) is 41.4 Å². The molecule has 0 bridgehead atoms. The molecule has 2 unspecified atom stereocenters. The molecule has 4 nitrogen and oxygen atoms in total. The molecule has 4 aromatic rings. The first-order valence-corrected chi connectivity index (χ1v) is 11.4. The van der Waals surface area contributed by atoms with Crippen LogP contribution in [-0.4, -0.2) is 14.7 Å². The van der Waals surface area contributed by atoms with Crippen molar-refractivity contribution in [1.29, 1.82) is 0 Å². The van der Waals surface area contributed by atoms with Crippen molar-refractivity contribution in [2.24, 2.45) is 0 Å². The summed E-state index contributed by atoms with van der Waals surface area (Å²) in [5.74, 6) is 0. The summed E-state index contributed by atoms with van der Waals surface area (Å²) in [7, 11) is 0. The molecule has 1 aliphatic heterocycles. The van der Waals surface area contributed by atoms with Crippen LogP contribution in [0.1, 0.15) is 29.0 Å². The van der Waals surface area contributed by atoms with E-state index in [1.807, 2.05) is 54.9 Å². The predicted molar refractivity (Wildman–Crippen MR) is 135 cm³/mol. The fourth-order valence-electron chi connectivity index (χ4n) is 4.24. The van der Waals surface area contributed by atoms with Gasteiger partial charge in [-0.3, -0.25) is 4.98 Å². The summed E-state index contributed by atoms with van der Waals surface area (Å²) in [5, 5.41) is 5.35. The molecule has 1 N–H and O–H groups in total. The first kappa shape index (κ1) is 21.0. The van der Waals surface area contributed by atoms with Gasteiger partial charge in [0.2, 0.25) is 0 Å². The van der Waals surface area contributed by atoms with Gasteiger partial charge in [0.05, 0.1) is 22.4 Å². The number of aromatic nitrogens is 2. The number of nitrogens with one attached hydrogen (secondary N) is 1. The van der Waals surface area contributed by atoms with Gasteiger partial charge in [0.1, 0.15) is 6.04 Å². The first-order valence-electron chi connectivity index (χ1n) is 10.2. The highest BCUT2D eigenvalue weighted by molar-refractivity contribution is 7.80. The number of hydrogen-bond acceptors (Lipinski definition) is 2. The number of pyridine rings is 1. The van der Waals surface area contributed by atoms with E-state index in [4.69, 9.17) is 35.4 Å². The molecule has 160 valence electrons. The lowest BCUT2D eigenvalue weighted by Crippen LogP contribution is -2.30. The standard InChI is InChI=1S/C25H20Cl2N4S/c1-16-6-4-7-18(14-16)31-24(23(29-25(31)32)20-8-2-3-12-28-20)22-9-5-13-30(22)21-11-10-17(26)15-19(21)27/h2-15,23-24H,1H3,(H,29,32). The van der Waals surface area contributed by atoms with Crippen molar-refractivity contribution in [3.63, 3.8) is 0 Å². The zero-order chi connectivity index (χ0) is 22.2. The minimum Gasteiger partial charge on any atom is -0.351 e. The molecule has 32 heavy (non-hydrogen) atoms. The van der Waals surface area contributed by atoms with Crippen LogP contribution in [0.15, 0.2) is 85.2 Å². The van der Waals surface area contributed by atoms with Gasteiger partial charge >= 0.3 is 0 Å². The molecule has 1 aliphatic rings. The number of nitrogens with zero attached hydrogens (tertiary/aromatic N) is 3. The number of hydrogen-bond donors (Lipinski definition) is 1. The maximum Gasteiger partial charge on any atom is 0.174 e. The summed E-state index contributed by atoms with van der Waals surface area (Å²) in [6, 6.07) is 23.7. The normalized spacial score (nSPS) is 18.1. The van der Waals surface area contributed by atoms with Crippen LogP contribution in [-0.2, 0) is 0 Å². The van der Waals surface area contributed by atoms with E-state index in [1.165, 1.54) is 5.56 Å². The maximum absolute atomic E-state index is 6.58. The quantitative estimate of drug-likeness (QED) is 0.332. The van der Waals surface area contributed by atoms with Gasteiger partial charge in [0.25, 0.3) is 0 Å². The van der Waals surface area contributed by atoms with Crippen molar-refractivity contribution in [3.8, 4) is 5.69 Å². The molecule has 3 heterocycles. The second-order valence-corrected chi connectivity index (χ2v) is 8.96. The molecule has 0 amide bonds. The average Bonchev–Trinajstić information content (AvgIpc) is 3.38. The van der Waals surface area contributed by atoms with Crippen LogP contribution in [0, 0.1) is 6.92 Å². The molecule has 1 saturated heterocycles. The van der Waals surface area contributed by atoms with Crippen LogP contribution in [0.25, 0.3) is 5.69 Å². The van der Waals surface area contributed by atoms with Gasteiger partial charge in [-0.15, -0.1) is 0 Å². The van der Waals surface area contributed by atoms with Crippen LogP contribution in [0.2, 0.25) is 10.0 Å². The van der Waals surface area contributed by atoms with E-state index < -0.39 is 0 Å². The minimum absolute atomic E-state index is 0.135. The van der Waals surface area contributed by atoms with E-state index in [9.17, 15) is 0 Å². The predicted octanol–water partition coefficient (Wildman–Crippen LogP) is 6.66. The number of rotatable bonds is 4. The highest BCUT2D eigenvalue weighted by Gasteiger charge is 2.42. The largest absolute Gasteiger partial charge is 0.351 e. The van der Waals surface area contributed by atoms with Crippen molar-refractivity contribution in [3.05, 3.63) is 112 Å². The highest BCUT2D eigenvalue weighted by Crippen LogP contribution is 2.43. The summed E-state index contributed by atoms with van der Waals surface area (Å²) < 4.78 is 2.09. The van der Waals surface area contributed by atoms with Gasteiger partial charge in [0.15, 0.2) is 5.11 Å². The number of aryl methyl sites for hydroxylation is 1. The zero-order valence-corrected chi connectivity index (χ0v) is 19.6. The van der Waals surface area contributed by atoms with E-state index in [2.05, 4.69) is 51.0 Å². The van der Waals surface area contributed by atoms with E-state index in [0.717, 1.165) is 22.8 Å². The topological polar surface area (TPSA) is 33.1 Å². The van der Waals surface area contributed by atoms with Crippen LogP contribution < -0.4 is 10.2 Å². The van der Waals surface area contributed by atoms with Crippen molar-refractivity contribution in [2.45, 2.75) is 19.0 Å². The van der Waals surface area contributed by atoms with Gasteiger partial charge in [-0.05, 0) is 79.3 Å². The van der Waals surface area contributed by atoms with E-state index >= 15 is 0 Å². The summed E-state index contributed by atoms with van der Waals surface area (Å²) in [6.45, 7) is 2.08. The van der Waals surface area contributed by atoms with Crippen LogP contribution in [0.3, 0.4) is 0 Å². The monoisotopic (exact) mass is 478 g/mol. The first-order chi connectivity index (χ1) is 15.5. The Kier molecular flexibility index (Phi) is 5.64. The molecule has 1 fully saturated rings. The Bertz CT molecular complexity index is 1290. The van der Waals surface area contributed by atoms with Crippen LogP contribution in [0.5, 0.6) is 0 Å². The fourth-order valence-corrected chi connectivity index (χ4v) is 5.09. The summed E-state index contributed by atoms with van der Waals surface area (Å²) in [6.07, 6.45) is 3.82.